The molecule has 1 aromatic carbocycles. The number of aromatic hydroxyl groups is 1. The molecule has 12 heterocycles. The predicted octanol–water partition coefficient (Wildman–Crippen LogP) is -2.18. The number of amides is 4. The van der Waals surface area contributed by atoms with Crippen molar-refractivity contribution in [3.05, 3.63) is 110 Å². The number of nitrogen functional groups attached to an aromatic ring is 4. The van der Waals surface area contributed by atoms with Gasteiger partial charge in [-0.25, -0.2) is 34.3 Å². The first-order chi connectivity index (χ1) is 54.7. The van der Waals surface area contributed by atoms with Crippen molar-refractivity contribution in [3.8, 4) is 5.75 Å². The zero-order valence-corrected chi connectivity index (χ0v) is 62.7. The molecule has 4 saturated heterocycles. The first-order valence-corrected chi connectivity index (χ1v) is 37.2. The van der Waals surface area contributed by atoms with E-state index in [-0.39, 0.29) is 47.8 Å². The molecule has 9 aromatic rings. The summed E-state index contributed by atoms with van der Waals surface area (Å²) in [5.41, 5.74) is 52.1. The number of fused-ring (bicyclic) bond motifs is 4. The van der Waals surface area contributed by atoms with E-state index in [2.05, 4.69) is 50.8 Å². The molecule has 114 heavy (non-hydrogen) atoms. The van der Waals surface area contributed by atoms with Crippen LogP contribution in [0.15, 0.2) is 98.6 Å². The number of carbonyl (C=O) groups is 4. The number of nitrogens with two attached hydrogens (primary N) is 8. The number of halogens is 2. The Morgan fingerprint density at radius 1 is 0.518 bits per heavy atom. The molecule has 40 nitrogen and oxygen atoms in total. The summed E-state index contributed by atoms with van der Waals surface area (Å²) in [4.78, 5) is 81.7. The Bertz CT molecular complexity index is 4650. The number of benzene rings is 1. The average Bonchev–Trinajstić information content (AvgIpc) is 1.61. The van der Waals surface area contributed by atoms with Gasteiger partial charge in [0.2, 0.25) is 23.6 Å². The molecule has 0 aliphatic carbocycles. The molecule has 8 unspecified atom stereocenters. The van der Waals surface area contributed by atoms with Crippen molar-refractivity contribution in [2.24, 2.45) is 22.9 Å². The molecular formula is C72H101F2N23O17. The highest BCUT2D eigenvalue weighted by atomic mass is 19.1. The van der Waals surface area contributed by atoms with E-state index in [1.54, 1.807) is 47.4 Å². The van der Waals surface area contributed by atoms with Gasteiger partial charge in [0, 0.05) is 43.2 Å². The second-order valence-corrected chi connectivity index (χ2v) is 28.0. The third-order valence-corrected chi connectivity index (χ3v) is 20.1. The van der Waals surface area contributed by atoms with Crippen molar-refractivity contribution in [2.75, 3.05) is 56.0 Å². The van der Waals surface area contributed by atoms with Gasteiger partial charge in [0.05, 0.1) is 105 Å². The van der Waals surface area contributed by atoms with E-state index in [9.17, 15) is 73.9 Å². The molecular weight excluding hydrogens is 1500 g/mol. The molecule has 0 spiro atoms. The number of pyridine rings is 4. The van der Waals surface area contributed by atoms with Gasteiger partial charge in [-0.2, -0.15) is 0 Å². The number of nitrogens with one attached hydrogen (secondary N) is 3. The summed E-state index contributed by atoms with van der Waals surface area (Å²) in [6.07, 6.45) is 5.38. The number of aliphatic hydroxyl groups is 8. The molecule has 8 aromatic heterocycles. The minimum absolute atomic E-state index is 0.0860. The van der Waals surface area contributed by atoms with Crippen LogP contribution in [0.1, 0.15) is 103 Å². The van der Waals surface area contributed by atoms with E-state index in [1.807, 2.05) is 26.8 Å². The molecule has 4 aliphatic rings. The van der Waals surface area contributed by atoms with Crippen LogP contribution in [0.2, 0.25) is 0 Å². The number of carbonyl (C=O) groups excluding carboxylic acids is 4. The Kier molecular flexibility index (Phi) is 29.4. The summed E-state index contributed by atoms with van der Waals surface area (Å²) < 4.78 is 55.9. The topological polar surface area (TPSA) is 645 Å². The van der Waals surface area contributed by atoms with Gasteiger partial charge in [0.15, 0.2) is 36.2 Å². The second kappa shape index (κ2) is 38.8. The number of aromatic nitrogens is 11. The SMILES string of the molecule is CCCC(N)C(=O)N(Cc1cccnc1)[C@H]1C(O)[C@@H](CO)O[C@H]1n1cnc2c(N)ccnc21.CCCC(N)C(=O)N[C@H]1C(O)[C@@H](CO)O[C@H]1n1cc(O)c2c(N)ccnc21.CCCC(N)C(=O)N[C@H]1C(O)[C@@H](CO)O[C@H]1n1cnc2c(N)ccc(F)c21.Nc1ccnc2c1ncn2[C@@H]1O[C@H](CO)C(O)[C@@H]1NC(=O)C(N)CCCF. The van der Waals surface area contributed by atoms with E-state index in [1.165, 1.54) is 68.3 Å². The van der Waals surface area contributed by atoms with Crippen LogP contribution in [0, 0.1) is 5.82 Å². The maximum atomic E-state index is 14.4. The zero-order chi connectivity index (χ0) is 82.5. The minimum Gasteiger partial charge on any atom is -0.506 e. The fourth-order valence-corrected chi connectivity index (χ4v) is 14.1. The first-order valence-electron chi connectivity index (χ1n) is 37.2. The summed E-state index contributed by atoms with van der Waals surface area (Å²) in [6.45, 7) is 3.57. The quantitative estimate of drug-likeness (QED) is 0.0243. The number of rotatable bonds is 27. The highest BCUT2D eigenvalue weighted by molar-refractivity contribution is 5.94. The molecule has 42 heteroatoms. The van der Waals surface area contributed by atoms with Crippen LogP contribution >= 0.6 is 0 Å². The Balaban J connectivity index is 0.000000162. The normalized spacial score (nSPS) is 25.6. The van der Waals surface area contributed by atoms with Crippen molar-refractivity contribution >= 4 is 90.8 Å². The number of aliphatic hydroxyl groups excluding tert-OH is 8. The second-order valence-electron chi connectivity index (χ2n) is 28.0. The lowest BCUT2D eigenvalue weighted by Gasteiger charge is -2.35. The maximum Gasteiger partial charge on any atom is 0.240 e. The standard InChI is InChI=1S/C22H29N7O4.C17H24FN5O4.C17H25N5O5.C16H23FN6O4/c1-2-4-15(24)21(32)28(10-13-5-3-7-25-9-13)18-19(31)16(11-30)33-22(18)29-12-27-17-14(23)6-8-26-20(17)29;1-2-3-10(20)16(26)22-13-15(25)11(6-24)27-17(13)23-7-21-12-9(19)5-4-8(18)14(12)23;1-2-3-9(19)16(26)21-13-14(25)11(7-23)27-17(13)22-6-10(24)12-8(18)4-5-20-15(12)22;17-4-1-2-9(19)15(26)22-12-13(25)10(6-24)27-16(12)23-7-21-11-8(18)3-5-20-14(11)23/h3,5-9,12,15-16,18-19,22,30-31H,2,4,10-11,24H2,1H3,(H2,23,26);4-5,7,10-11,13,15,17,24-25H,2-3,6,19-20H2,1H3,(H,22,26);4-6,9,11,13-14,17,23-25H,2-3,7,19H2,1H3,(H2,18,20)(H,21,26);3,5,7,9-10,12-13,16,24-25H,1-2,4,6,19H2,(H2,18,20)(H,22,26)/t15?,16-,18+,19?,22-;10?,11-,13+,15?,17-;9?,11-,13+,14?,17-;9?,10-,12+,13?,16-/m1111/s1. The lowest BCUT2D eigenvalue weighted by Crippen LogP contribution is -2.54. The van der Waals surface area contributed by atoms with E-state index >= 15 is 0 Å². The number of anilines is 4. The van der Waals surface area contributed by atoms with Crippen LogP contribution in [0.25, 0.3) is 44.4 Å². The van der Waals surface area contributed by atoms with Crippen LogP contribution in [-0.4, -0.2) is 258 Å². The molecule has 20 atom stereocenters. The highest BCUT2D eigenvalue weighted by Gasteiger charge is 2.52. The fourth-order valence-electron chi connectivity index (χ4n) is 14.1. The molecule has 620 valence electrons. The Morgan fingerprint density at radius 3 is 1.42 bits per heavy atom. The molecule has 4 amide bonds. The summed E-state index contributed by atoms with van der Waals surface area (Å²) in [7, 11) is 0. The molecule has 0 radical (unpaired) electrons. The van der Waals surface area contributed by atoms with Crippen molar-refractivity contribution in [3.63, 3.8) is 0 Å². The van der Waals surface area contributed by atoms with E-state index < -0.39 is 179 Å². The van der Waals surface area contributed by atoms with Gasteiger partial charge in [-0.05, 0) is 74.1 Å². The third-order valence-electron chi connectivity index (χ3n) is 20.1. The van der Waals surface area contributed by atoms with E-state index in [0.717, 1.165) is 24.8 Å². The van der Waals surface area contributed by atoms with Crippen LogP contribution in [0.3, 0.4) is 0 Å². The lowest BCUT2D eigenvalue weighted by molar-refractivity contribution is -0.140. The maximum absolute atomic E-state index is 14.4. The predicted molar refractivity (Wildman–Crippen MR) is 408 cm³/mol. The van der Waals surface area contributed by atoms with Crippen molar-refractivity contribution in [1.82, 2.24) is 74.0 Å². The van der Waals surface area contributed by atoms with Gasteiger partial charge >= 0.3 is 0 Å². The van der Waals surface area contributed by atoms with Crippen LogP contribution < -0.4 is 61.8 Å². The molecule has 0 saturated carbocycles. The van der Waals surface area contributed by atoms with Crippen molar-refractivity contribution < 1.29 is 92.9 Å². The summed E-state index contributed by atoms with van der Waals surface area (Å²) in [5.74, 6) is -2.44. The molecule has 4 aliphatic heterocycles. The number of nitrogens with zero attached hydrogens (tertiary/aromatic N) is 12. The van der Waals surface area contributed by atoms with Crippen molar-refractivity contribution in [2.45, 2.75) is 201 Å². The highest BCUT2D eigenvalue weighted by Crippen LogP contribution is 2.41. The van der Waals surface area contributed by atoms with Gasteiger partial charge < -0.3 is 132 Å². The number of imidazole rings is 3. The Morgan fingerprint density at radius 2 is 0.939 bits per heavy atom. The van der Waals surface area contributed by atoms with Crippen LogP contribution in [-0.2, 0) is 44.7 Å². The van der Waals surface area contributed by atoms with Crippen molar-refractivity contribution in [1.29, 1.82) is 0 Å². The molecule has 28 N–H and O–H groups in total. The Hall–Kier alpha value is -10.1. The smallest absolute Gasteiger partial charge is 0.240 e. The van der Waals surface area contributed by atoms with Gasteiger partial charge in [-0.3, -0.25) is 46.8 Å². The van der Waals surface area contributed by atoms with Gasteiger partial charge in [0.25, 0.3) is 0 Å². The molecule has 4 fully saturated rings. The fraction of sp³-hybridized carbons (Fsp3) is 0.514. The van der Waals surface area contributed by atoms with Gasteiger partial charge in [0.1, 0.15) is 112 Å². The summed E-state index contributed by atoms with van der Waals surface area (Å²) >= 11 is 0. The number of ether oxygens (including phenoxy) is 4. The third kappa shape index (κ3) is 18.5. The van der Waals surface area contributed by atoms with Crippen LogP contribution in [0.5, 0.6) is 5.75 Å². The average molecular weight is 1600 g/mol. The lowest BCUT2D eigenvalue weighted by atomic mass is 10.0. The summed E-state index contributed by atoms with van der Waals surface area (Å²) in [6, 6.07) is 4.26. The van der Waals surface area contributed by atoms with E-state index in [4.69, 9.17) is 64.8 Å². The van der Waals surface area contributed by atoms with Gasteiger partial charge in [-0.1, -0.05) is 46.1 Å². The van der Waals surface area contributed by atoms with Crippen LogP contribution in [0.4, 0.5) is 31.5 Å². The molecule has 13 rings (SSSR count). The largest absolute Gasteiger partial charge is 0.506 e. The number of hydrogen-bond acceptors (Lipinski definition) is 32. The number of alkyl halides is 1. The summed E-state index contributed by atoms with van der Waals surface area (Å²) in [5, 5.41) is 99.5. The zero-order valence-electron chi connectivity index (χ0n) is 62.7. The number of hydrogen-bond donors (Lipinski definition) is 20. The van der Waals surface area contributed by atoms with Gasteiger partial charge in [-0.15, -0.1) is 0 Å². The minimum atomic E-state index is -1.21. The molecule has 0 bridgehead atoms. The Labute approximate surface area is 650 Å². The van der Waals surface area contributed by atoms with E-state index in [0.29, 0.717) is 69.7 Å². The monoisotopic (exact) mass is 1600 g/mol. The first kappa shape index (κ1) is 86.3.